The van der Waals surface area contributed by atoms with Crippen molar-refractivity contribution in [2.75, 3.05) is 26.7 Å². The molecule has 2 fully saturated rings. The molecule has 7 heteroatoms. The molecule has 154 valence electrons. The Bertz CT molecular complexity index is 820. The summed E-state index contributed by atoms with van der Waals surface area (Å²) in [6.45, 7) is 4.08. The minimum absolute atomic E-state index is 0.00281. The zero-order chi connectivity index (χ0) is 20.4. The molecule has 0 spiro atoms. The fourth-order valence-corrected chi connectivity index (χ4v) is 4.75. The van der Waals surface area contributed by atoms with E-state index in [1.54, 1.807) is 7.11 Å². The van der Waals surface area contributed by atoms with Crippen LogP contribution in [0.25, 0.3) is 0 Å². The number of hydrogen-bond acceptors (Lipinski definition) is 4. The fourth-order valence-electron chi connectivity index (χ4n) is 4.75. The lowest BCUT2D eigenvalue weighted by Gasteiger charge is -2.18. The van der Waals surface area contributed by atoms with Crippen molar-refractivity contribution in [3.8, 4) is 5.75 Å². The van der Waals surface area contributed by atoms with Crippen LogP contribution in [0.5, 0.6) is 5.75 Å². The second kappa shape index (κ2) is 8.27. The number of guanidine groups is 1. The Kier molecular flexibility index (Phi) is 5.56. The number of amides is 2. The lowest BCUT2D eigenvalue weighted by molar-refractivity contribution is -0.140. The van der Waals surface area contributed by atoms with Crippen molar-refractivity contribution >= 4 is 17.8 Å². The van der Waals surface area contributed by atoms with E-state index in [-0.39, 0.29) is 35.5 Å². The summed E-state index contributed by atoms with van der Waals surface area (Å²) in [7, 11) is 1.64. The smallest absolute Gasteiger partial charge is 0.233 e. The number of likely N-dealkylation sites (tertiary alicyclic amines) is 1. The van der Waals surface area contributed by atoms with E-state index in [0.29, 0.717) is 25.6 Å². The Balaban J connectivity index is 1.33. The molecule has 1 saturated carbocycles. The maximum absolute atomic E-state index is 12.7. The van der Waals surface area contributed by atoms with Gasteiger partial charge in [-0.3, -0.25) is 14.5 Å². The number of imide groups is 1. The van der Waals surface area contributed by atoms with Crippen LogP contribution in [0.1, 0.15) is 18.9 Å². The summed E-state index contributed by atoms with van der Waals surface area (Å²) >= 11 is 0. The van der Waals surface area contributed by atoms with E-state index in [2.05, 4.69) is 27.8 Å². The lowest BCUT2D eigenvalue weighted by atomic mass is 9.85. The molecule has 2 N–H and O–H groups in total. The monoisotopic (exact) mass is 396 g/mol. The number of rotatable bonds is 7. The highest BCUT2D eigenvalue weighted by molar-refractivity contribution is 6.06. The number of carbonyl (C=O) groups is 2. The van der Waals surface area contributed by atoms with Gasteiger partial charge in [-0.1, -0.05) is 24.3 Å². The van der Waals surface area contributed by atoms with Crippen molar-refractivity contribution in [3.05, 3.63) is 42.0 Å². The van der Waals surface area contributed by atoms with Crippen LogP contribution in [0.15, 0.2) is 41.4 Å². The van der Waals surface area contributed by atoms with E-state index < -0.39 is 0 Å². The highest BCUT2D eigenvalue weighted by Gasteiger charge is 2.58. The Hall–Kier alpha value is -2.83. The first-order valence-corrected chi connectivity index (χ1v) is 10.3. The molecular weight excluding hydrogens is 368 g/mol. The molecule has 2 aliphatic carbocycles. The molecule has 0 radical (unpaired) electrons. The number of hydrogen-bond donors (Lipinski definition) is 2. The number of aliphatic imine (C=N–C) groups is 1. The van der Waals surface area contributed by atoms with Gasteiger partial charge in [-0.25, -0.2) is 4.99 Å². The zero-order valence-corrected chi connectivity index (χ0v) is 16.9. The SMILES string of the molecule is CCNC(=NCc1cccc(OC)c1)NCCN1C(=O)C2C3C=CC(C3)C2C1=O. The molecule has 3 aliphatic rings. The van der Waals surface area contributed by atoms with E-state index in [0.717, 1.165) is 24.3 Å². The lowest BCUT2D eigenvalue weighted by Crippen LogP contribution is -2.43. The number of benzene rings is 1. The van der Waals surface area contributed by atoms with Crippen LogP contribution in [-0.4, -0.2) is 49.4 Å². The third-order valence-corrected chi connectivity index (χ3v) is 6.09. The van der Waals surface area contributed by atoms with E-state index >= 15 is 0 Å². The average molecular weight is 396 g/mol. The summed E-state index contributed by atoms with van der Waals surface area (Å²) in [6.07, 6.45) is 5.20. The van der Waals surface area contributed by atoms with Gasteiger partial charge in [-0.2, -0.15) is 0 Å². The normalized spacial score (nSPS) is 27.5. The van der Waals surface area contributed by atoms with Crippen LogP contribution >= 0.6 is 0 Å². The Labute approximate surface area is 171 Å². The number of allylic oxidation sites excluding steroid dienone is 2. The van der Waals surface area contributed by atoms with Crippen LogP contribution in [0.4, 0.5) is 0 Å². The van der Waals surface area contributed by atoms with Gasteiger partial charge >= 0.3 is 0 Å². The summed E-state index contributed by atoms with van der Waals surface area (Å²) in [5.41, 5.74) is 1.04. The van der Waals surface area contributed by atoms with Gasteiger partial charge in [0.2, 0.25) is 11.8 Å². The first kappa shape index (κ1) is 19.5. The van der Waals surface area contributed by atoms with Crippen LogP contribution in [-0.2, 0) is 16.1 Å². The van der Waals surface area contributed by atoms with Crippen molar-refractivity contribution in [1.82, 2.24) is 15.5 Å². The minimum Gasteiger partial charge on any atom is -0.497 e. The van der Waals surface area contributed by atoms with Gasteiger partial charge in [0.1, 0.15) is 5.75 Å². The zero-order valence-electron chi connectivity index (χ0n) is 16.9. The molecule has 7 nitrogen and oxygen atoms in total. The Morgan fingerprint density at radius 3 is 2.55 bits per heavy atom. The molecule has 1 aromatic carbocycles. The Morgan fingerprint density at radius 2 is 1.90 bits per heavy atom. The highest BCUT2D eigenvalue weighted by Crippen LogP contribution is 2.52. The number of nitrogens with one attached hydrogen (secondary N) is 2. The third-order valence-electron chi connectivity index (χ3n) is 6.09. The van der Waals surface area contributed by atoms with E-state index in [9.17, 15) is 9.59 Å². The van der Waals surface area contributed by atoms with Crippen molar-refractivity contribution in [3.63, 3.8) is 0 Å². The molecule has 1 aliphatic heterocycles. The largest absolute Gasteiger partial charge is 0.497 e. The molecule has 2 amide bonds. The van der Waals surface area contributed by atoms with Gasteiger partial charge in [0, 0.05) is 19.6 Å². The second-order valence-electron chi connectivity index (χ2n) is 7.80. The summed E-state index contributed by atoms with van der Waals surface area (Å²) < 4.78 is 5.25. The Morgan fingerprint density at radius 1 is 1.17 bits per heavy atom. The molecule has 1 saturated heterocycles. The van der Waals surface area contributed by atoms with Crippen molar-refractivity contribution in [2.45, 2.75) is 19.9 Å². The molecular formula is C22H28N4O3. The number of methoxy groups -OCH3 is 1. The van der Waals surface area contributed by atoms with Gasteiger partial charge in [-0.05, 0) is 42.9 Å². The fraction of sp³-hybridized carbons (Fsp3) is 0.500. The summed E-state index contributed by atoms with van der Waals surface area (Å²) in [5.74, 6) is 1.70. The second-order valence-corrected chi connectivity index (χ2v) is 7.80. The number of fused-ring (bicyclic) bond motifs is 5. The minimum atomic E-state index is -0.132. The first-order valence-electron chi connectivity index (χ1n) is 10.3. The topological polar surface area (TPSA) is 83.0 Å². The van der Waals surface area contributed by atoms with Crippen molar-refractivity contribution in [1.29, 1.82) is 0 Å². The van der Waals surface area contributed by atoms with Crippen LogP contribution < -0.4 is 15.4 Å². The summed E-state index contributed by atoms with van der Waals surface area (Å²) in [6, 6.07) is 7.79. The van der Waals surface area contributed by atoms with E-state index in [1.165, 1.54) is 4.90 Å². The van der Waals surface area contributed by atoms with Gasteiger partial charge in [-0.15, -0.1) is 0 Å². The number of ether oxygens (including phenoxy) is 1. The predicted molar refractivity (Wildman–Crippen MR) is 110 cm³/mol. The predicted octanol–water partition coefficient (Wildman–Crippen LogP) is 1.56. The van der Waals surface area contributed by atoms with Crippen LogP contribution in [0.2, 0.25) is 0 Å². The average Bonchev–Trinajstić information content (AvgIpc) is 3.41. The summed E-state index contributed by atoms with van der Waals surface area (Å²) in [5, 5.41) is 6.44. The highest BCUT2D eigenvalue weighted by atomic mass is 16.5. The number of carbonyl (C=O) groups excluding carboxylic acids is 2. The molecule has 1 aromatic rings. The maximum Gasteiger partial charge on any atom is 0.233 e. The number of nitrogens with zero attached hydrogens (tertiary/aromatic N) is 2. The molecule has 4 rings (SSSR count). The van der Waals surface area contributed by atoms with Gasteiger partial charge in [0.05, 0.1) is 25.5 Å². The third kappa shape index (κ3) is 3.73. The molecule has 0 aromatic heterocycles. The van der Waals surface area contributed by atoms with Crippen molar-refractivity contribution < 1.29 is 14.3 Å². The van der Waals surface area contributed by atoms with Crippen LogP contribution in [0, 0.1) is 23.7 Å². The van der Waals surface area contributed by atoms with Gasteiger partial charge in [0.15, 0.2) is 5.96 Å². The summed E-state index contributed by atoms with van der Waals surface area (Å²) in [4.78, 5) is 31.5. The molecule has 4 atom stereocenters. The quantitative estimate of drug-likeness (QED) is 0.316. The van der Waals surface area contributed by atoms with E-state index in [1.807, 2.05) is 31.2 Å². The molecule has 4 unspecified atom stereocenters. The van der Waals surface area contributed by atoms with Crippen LogP contribution in [0.3, 0.4) is 0 Å². The van der Waals surface area contributed by atoms with Gasteiger partial charge in [0.25, 0.3) is 0 Å². The van der Waals surface area contributed by atoms with E-state index in [4.69, 9.17) is 4.74 Å². The standard InChI is InChI=1S/C22H28N4O3/c1-3-23-22(25-13-14-5-4-6-17(11-14)29-2)24-9-10-26-20(27)18-15-7-8-16(12-15)19(18)21(26)28/h4-8,11,15-16,18-19H,3,9-10,12-13H2,1-2H3,(H2,23,24,25). The molecule has 1 heterocycles. The molecule has 29 heavy (non-hydrogen) atoms. The maximum atomic E-state index is 12.7. The van der Waals surface area contributed by atoms with Gasteiger partial charge < -0.3 is 15.4 Å². The van der Waals surface area contributed by atoms with Crippen molar-refractivity contribution in [2.24, 2.45) is 28.7 Å². The first-order chi connectivity index (χ1) is 14.1. The molecule has 2 bridgehead atoms.